The van der Waals surface area contributed by atoms with Gasteiger partial charge in [0, 0.05) is 6.54 Å². The van der Waals surface area contributed by atoms with Gasteiger partial charge in [0.15, 0.2) is 0 Å². The molecule has 186 valence electrons. The molecule has 0 radical (unpaired) electrons. The number of nitrogens with one attached hydrogen (secondary N) is 1. The Kier molecular flexibility index (Phi) is 9.32. The fraction of sp³-hybridized carbons (Fsp3) is 0.321. The molecule has 0 aliphatic rings. The average Bonchev–Trinajstić information content (AvgIpc) is 2.87. The highest BCUT2D eigenvalue weighted by molar-refractivity contribution is 7.92. The van der Waals surface area contributed by atoms with Crippen LogP contribution in [0.3, 0.4) is 0 Å². The highest BCUT2D eigenvalue weighted by Crippen LogP contribution is 2.28. The summed E-state index contributed by atoms with van der Waals surface area (Å²) in [6.07, 6.45) is 2.41. The lowest BCUT2D eigenvalue weighted by Crippen LogP contribution is -2.41. The van der Waals surface area contributed by atoms with E-state index in [-0.39, 0.29) is 17.3 Å². The molecule has 0 saturated carbocycles. The van der Waals surface area contributed by atoms with Crippen molar-refractivity contribution in [2.75, 3.05) is 24.0 Å². The van der Waals surface area contributed by atoms with Gasteiger partial charge in [-0.2, -0.15) is 0 Å². The topological polar surface area (TPSA) is 75.7 Å². The first-order valence-corrected chi connectivity index (χ1v) is 13.4. The summed E-state index contributed by atoms with van der Waals surface area (Å²) in [5.74, 6) is 0.525. The number of carbonyl (C=O) groups excluding carboxylic acids is 1. The third-order valence-corrected chi connectivity index (χ3v) is 7.62. The highest BCUT2D eigenvalue weighted by atomic mass is 32.2. The Morgan fingerprint density at radius 3 is 2.40 bits per heavy atom. The third kappa shape index (κ3) is 6.85. The number of para-hydroxylation sites is 1. The molecule has 0 aromatic heterocycles. The summed E-state index contributed by atoms with van der Waals surface area (Å²) in [4.78, 5) is 13.0. The Morgan fingerprint density at radius 1 is 0.943 bits per heavy atom. The van der Waals surface area contributed by atoms with Gasteiger partial charge < -0.3 is 10.1 Å². The molecule has 0 spiro atoms. The second kappa shape index (κ2) is 12.4. The maximum absolute atomic E-state index is 13.5. The molecule has 0 fully saturated rings. The van der Waals surface area contributed by atoms with E-state index in [2.05, 4.69) is 12.2 Å². The van der Waals surface area contributed by atoms with E-state index in [1.54, 1.807) is 42.5 Å². The maximum atomic E-state index is 13.5. The van der Waals surface area contributed by atoms with Gasteiger partial charge in [-0.1, -0.05) is 55.5 Å². The summed E-state index contributed by atoms with van der Waals surface area (Å²) < 4.78 is 34.0. The Balaban J connectivity index is 1.70. The number of amides is 1. The normalized spacial score (nSPS) is 11.2. The van der Waals surface area contributed by atoms with Crippen LogP contribution >= 0.6 is 0 Å². The van der Waals surface area contributed by atoms with Gasteiger partial charge in [0.2, 0.25) is 5.91 Å². The quantitative estimate of drug-likeness (QED) is 0.358. The number of hydrogen-bond donors (Lipinski definition) is 1. The maximum Gasteiger partial charge on any atom is 0.264 e. The fourth-order valence-electron chi connectivity index (χ4n) is 3.78. The van der Waals surface area contributed by atoms with E-state index >= 15 is 0 Å². The Bertz CT molecular complexity index is 1230. The van der Waals surface area contributed by atoms with Crippen LogP contribution in [0.15, 0.2) is 77.7 Å². The third-order valence-electron chi connectivity index (χ3n) is 5.84. The van der Waals surface area contributed by atoms with Crippen molar-refractivity contribution in [2.24, 2.45) is 0 Å². The molecule has 3 rings (SSSR count). The molecule has 1 N–H and O–H groups in total. The molecule has 1 amide bonds. The van der Waals surface area contributed by atoms with Crippen molar-refractivity contribution in [1.82, 2.24) is 5.32 Å². The number of hydrogen-bond acceptors (Lipinski definition) is 4. The van der Waals surface area contributed by atoms with Crippen LogP contribution in [-0.4, -0.2) is 34.0 Å². The van der Waals surface area contributed by atoms with Crippen molar-refractivity contribution < 1.29 is 17.9 Å². The number of ether oxygens (including phenoxy) is 1. The van der Waals surface area contributed by atoms with E-state index in [1.807, 2.05) is 44.2 Å². The number of benzene rings is 3. The number of rotatable bonds is 12. The molecule has 0 heterocycles. The van der Waals surface area contributed by atoms with Crippen LogP contribution in [0.1, 0.15) is 36.5 Å². The fourth-order valence-corrected chi connectivity index (χ4v) is 5.28. The largest absolute Gasteiger partial charge is 0.493 e. The minimum Gasteiger partial charge on any atom is -0.493 e. The van der Waals surface area contributed by atoms with Crippen molar-refractivity contribution >= 4 is 21.6 Å². The van der Waals surface area contributed by atoms with Gasteiger partial charge >= 0.3 is 0 Å². The zero-order valence-electron chi connectivity index (χ0n) is 20.7. The second-order valence-corrected chi connectivity index (χ2v) is 10.3. The molecule has 3 aromatic rings. The summed E-state index contributed by atoms with van der Waals surface area (Å²) in [7, 11) is -3.92. The lowest BCUT2D eigenvalue weighted by Gasteiger charge is -2.26. The summed E-state index contributed by atoms with van der Waals surface area (Å²) in [5.41, 5.74) is 3.38. The molecule has 6 nitrogen and oxygen atoms in total. The molecular formula is C28H34N2O4S. The van der Waals surface area contributed by atoms with Crippen LogP contribution in [0.5, 0.6) is 5.75 Å². The van der Waals surface area contributed by atoms with Gasteiger partial charge in [0.25, 0.3) is 10.0 Å². The first-order chi connectivity index (χ1) is 16.8. The first kappa shape index (κ1) is 26.3. The van der Waals surface area contributed by atoms with Crippen LogP contribution in [-0.2, 0) is 21.2 Å². The monoisotopic (exact) mass is 494 g/mol. The number of anilines is 1. The minimum atomic E-state index is -3.92. The van der Waals surface area contributed by atoms with Gasteiger partial charge in [0.1, 0.15) is 12.3 Å². The Morgan fingerprint density at radius 2 is 1.66 bits per heavy atom. The lowest BCUT2D eigenvalue weighted by atomic mass is 10.1. The van der Waals surface area contributed by atoms with Gasteiger partial charge in [-0.05, 0) is 74.1 Å². The summed E-state index contributed by atoms with van der Waals surface area (Å²) in [6, 6.07) is 21.6. The van der Waals surface area contributed by atoms with Crippen molar-refractivity contribution in [3.05, 3.63) is 89.5 Å². The molecule has 0 aliphatic carbocycles. The van der Waals surface area contributed by atoms with Crippen molar-refractivity contribution in [1.29, 1.82) is 0 Å². The lowest BCUT2D eigenvalue weighted by molar-refractivity contribution is -0.119. The van der Waals surface area contributed by atoms with Crippen LogP contribution in [0, 0.1) is 13.8 Å². The zero-order valence-corrected chi connectivity index (χ0v) is 21.5. The minimum absolute atomic E-state index is 0.150. The van der Waals surface area contributed by atoms with Gasteiger partial charge in [-0.25, -0.2) is 8.42 Å². The zero-order chi connectivity index (χ0) is 25.3. The molecule has 3 aromatic carbocycles. The average molecular weight is 495 g/mol. The Labute approximate surface area is 209 Å². The molecule has 0 saturated heterocycles. The molecule has 7 heteroatoms. The molecule has 0 unspecified atom stereocenters. The highest BCUT2D eigenvalue weighted by Gasteiger charge is 2.28. The molecular weight excluding hydrogens is 460 g/mol. The number of aryl methyl sites for hydroxylation is 2. The summed E-state index contributed by atoms with van der Waals surface area (Å²) >= 11 is 0. The first-order valence-electron chi connectivity index (χ1n) is 12.0. The van der Waals surface area contributed by atoms with Crippen LogP contribution in [0.2, 0.25) is 0 Å². The van der Waals surface area contributed by atoms with E-state index in [9.17, 15) is 13.2 Å². The van der Waals surface area contributed by atoms with E-state index in [4.69, 9.17) is 4.74 Å². The van der Waals surface area contributed by atoms with Crippen molar-refractivity contribution in [3.63, 3.8) is 0 Å². The molecule has 0 aliphatic heterocycles. The Hall–Kier alpha value is -3.32. The van der Waals surface area contributed by atoms with E-state index in [1.165, 1.54) is 4.31 Å². The SMILES string of the molecule is CCCOc1ccccc1CCCNC(=O)CN(c1cccc(C)c1C)S(=O)(=O)c1ccccc1. The standard InChI is InChI=1S/C28H34N2O4S/c1-4-20-34-27-18-9-8-13-24(27)14-11-19-29-28(31)21-30(26-17-10-12-22(2)23(26)3)35(32,33)25-15-6-5-7-16-25/h5-10,12-13,15-18H,4,11,14,19-21H2,1-3H3,(H,29,31). The van der Waals surface area contributed by atoms with Crippen molar-refractivity contribution in [2.45, 2.75) is 44.9 Å². The summed E-state index contributed by atoms with van der Waals surface area (Å²) in [5, 5.41) is 2.89. The number of sulfonamides is 1. The van der Waals surface area contributed by atoms with Gasteiger partial charge in [-0.15, -0.1) is 0 Å². The second-order valence-electron chi connectivity index (χ2n) is 8.45. The van der Waals surface area contributed by atoms with Crippen molar-refractivity contribution in [3.8, 4) is 5.75 Å². The number of nitrogens with zero attached hydrogens (tertiary/aromatic N) is 1. The van der Waals surface area contributed by atoms with Crippen LogP contribution < -0.4 is 14.4 Å². The van der Waals surface area contributed by atoms with E-state index in [0.717, 1.165) is 35.3 Å². The molecule has 35 heavy (non-hydrogen) atoms. The predicted octanol–water partition coefficient (Wildman–Crippen LogP) is 5.04. The molecule has 0 atom stereocenters. The van der Waals surface area contributed by atoms with Crippen LogP contribution in [0.4, 0.5) is 5.69 Å². The van der Waals surface area contributed by atoms with E-state index in [0.29, 0.717) is 25.3 Å². The molecule has 0 bridgehead atoms. The summed E-state index contributed by atoms with van der Waals surface area (Å²) in [6.45, 7) is 6.67. The number of carbonyl (C=O) groups is 1. The van der Waals surface area contributed by atoms with Crippen LogP contribution in [0.25, 0.3) is 0 Å². The van der Waals surface area contributed by atoms with Gasteiger partial charge in [0.05, 0.1) is 17.2 Å². The predicted molar refractivity (Wildman–Crippen MR) is 140 cm³/mol. The van der Waals surface area contributed by atoms with E-state index < -0.39 is 10.0 Å². The van der Waals surface area contributed by atoms with Gasteiger partial charge in [-0.3, -0.25) is 9.10 Å². The smallest absolute Gasteiger partial charge is 0.264 e.